The van der Waals surface area contributed by atoms with Crippen LogP contribution in [0.25, 0.3) is 11.2 Å². The normalized spacial score (nSPS) is 22.1. The molecule has 4 rings (SSSR count). The molecule has 2 saturated heterocycles. The Morgan fingerprint density at radius 2 is 2.25 bits per heavy atom. The lowest BCUT2D eigenvalue weighted by Gasteiger charge is -2.42. The highest BCUT2D eigenvalue weighted by Crippen LogP contribution is 2.24. The number of likely N-dealkylation sites (tertiary alicyclic amines) is 2. The predicted molar refractivity (Wildman–Crippen MR) is 86.8 cm³/mol. The summed E-state index contributed by atoms with van der Waals surface area (Å²) < 4.78 is 0. The largest absolute Gasteiger partial charge is 0.349 e. The van der Waals surface area contributed by atoms with Gasteiger partial charge in [0, 0.05) is 32.3 Å². The minimum atomic E-state index is -0.272. The number of aromatic nitrogens is 3. The maximum Gasteiger partial charge on any atom is 0.225 e. The van der Waals surface area contributed by atoms with Crippen LogP contribution in [0.2, 0.25) is 0 Å². The van der Waals surface area contributed by atoms with Crippen molar-refractivity contribution in [2.45, 2.75) is 19.0 Å². The maximum absolute atomic E-state index is 12.4. The monoisotopic (exact) mass is 328 g/mol. The number of nitrogens with zero attached hydrogens (tertiary/aromatic N) is 4. The average molecular weight is 328 g/mol. The minimum absolute atomic E-state index is 0.0844. The molecule has 8 nitrogen and oxygen atoms in total. The molecule has 2 aromatic rings. The number of nitrogens with one attached hydrogen (secondary N) is 2. The molecule has 0 aliphatic carbocycles. The Hall–Kier alpha value is -2.48. The number of fused-ring (bicyclic) bond motifs is 1. The van der Waals surface area contributed by atoms with Crippen LogP contribution >= 0.6 is 0 Å². The fraction of sp³-hybridized carbons (Fsp3) is 0.500. The van der Waals surface area contributed by atoms with Gasteiger partial charge in [-0.3, -0.25) is 9.59 Å². The first-order chi connectivity index (χ1) is 11.6. The van der Waals surface area contributed by atoms with Gasteiger partial charge in [0.2, 0.25) is 11.8 Å². The van der Waals surface area contributed by atoms with Gasteiger partial charge >= 0.3 is 0 Å². The third-order valence-corrected chi connectivity index (χ3v) is 4.75. The van der Waals surface area contributed by atoms with Crippen LogP contribution in [0.1, 0.15) is 12.2 Å². The zero-order chi connectivity index (χ0) is 16.7. The van der Waals surface area contributed by atoms with E-state index in [4.69, 9.17) is 0 Å². The number of carbonyl (C=O) groups excluding carboxylic acids is 2. The van der Waals surface area contributed by atoms with Crippen LogP contribution < -0.4 is 5.32 Å². The molecular formula is C16H20N6O2. The van der Waals surface area contributed by atoms with Gasteiger partial charge in [0.15, 0.2) is 5.65 Å². The van der Waals surface area contributed by atoms with Crippen molar-refractivity contribution < 1.29 is 9.59 Å². The van der Waals surface area contributed by atoms with Gasteiger partial charge in [-0.15, -0.1) is 0 Å². The van der Waals surface area contributed by atoms with Crippen LogP contribution in [-0.4, -0.2) is 69.3 Å². The van der Waals surface area contributed by atoms with Crippen molar-refractivity contribution in [3.05, 3.63) is 24.2 Å². The quantitative estimate of drug-likeness (QED) is 0.806. The van der Waals surface area contributed by atoms with Gasteiger partial charge in [0.25, 0.3) is 0 Å². The summed E-state index contributed by atoms with van der Waals surface area (Å²) in [6, 6.07) is 3.99. The number of carbonyl (C=O) groups is 2. The molecule has 1 unspecified atom stereocenters. The van der Waals surface area contributed by atoms with Gasteiger partial charge in [0.1, 0.15) is 5.82 Å². The lowest BCUT2D eigenvalue weighted by atomic mass is 10.1. The molecular weight excluding hydrogens is 308 g/mol. The molecule has 0 radical (unpaired) electrons. The van der Waals surface area contributed by atoms with Crippen LogP contribution in [0.3, 0.4) is 0 Å². The van der Waals surface area contributed by atoms with Gasteiger partial charge in [-0.1, -0.05) is 0 Å². The number of pyridine rings is 1. The molecule has 126 valence electrons. The lowest BCUT2D eigenvalue weighted by Crippen LogP contribution is -2.58. The molecule has 1 atom stereocenters. The van der Waals surface area contributed by atoms with E-state index < -0.39 is 0 Å². The summed E-state index contributed by atoms with van der Waals surface area (Å²) >= 11 is 0. The van der Waals surface area contributed by atoms with E-state index in [1.807, 2.05) is 24.1 Å². The Balaban J connectivity index is 1.34. The summed E-state index contributed by atoms with van der Waals surface area (Å²) in [5, 5.41) is 2.88. The van der Waals surface area contributed by atoms with E-state index in [2.05, 4.69) is 25.2 Å². The lowest BCUT2D eigenvalue weighted by molar-refractivity contribution is -0.132. The van der Waals surface area contributed by atoms with Gasteiger partial charge in [-0.25, -0.2) is 9.97 Å². The number of amides is 2. The number of likely N-dealkylation sites (N-methyl/N-ethyl adjacent to an activating group) is 1. The molecule has 4 heterocycles. The zero-order valence-electron chi connectivity index (χ0n) is 13.5. The second-order valence-corrected chi connectivity index (χ2v) is 6.60. The number of H-pyrrole nitrogens is 1. The van der Waals surface area contributed by atoms with Crippen molar-refractivity contribution in [3.8, 4) is 0 Å². The van der Waals surface area contributed by atoms with Crippen molar-refractivity contribution >= 4 is 23.0 Å². The van der Waals surface area contributed by atoms with Crippen molar-refractivity contribution in [2.24, 2.45) is 5.92 Å². The van der Waals surface area contributed by atoms with Crippen LogP contribution in [0.15, 0.2) is 18.3 Å². The summed E-state index contributed by atoms with van der Waals surface area (Å²) in [5.74, 6) is 0.387. The SMILES string of the molecule is CN1CC(N2CC(C(=O)NCc3nc4ncccc4[nH]3)CC2=O)C1. The Labute approximate surface area is 139 Å². The summed E-state index contributed by atoms with van der Waals surface area (Å²) in [7, 11) is 2.03. The molecule has 2 aromatic heterocycles. The summed E-state index contributed by atoms with van der Waals surface area (Å²) in [6.45, 7) is 2.62. The molecule has 0 spiro atoms. The number of rotatable bonds is 4. The highest BCUT2D eigenvalue weighted by atomic mass is 16.2. The molecule has 24 heavy (non-hydrogen) atoms. The third kappa shape index (κ3) is 2.73. The zero-order valence-corrected chi connectivity index (χ0v) is 13.5. The highest BCUT2D eigenvalue weighted by molar-refractivity contribution is 5.89. The fourth-order valence-corrected chi connectivity index (χ4v) is 3.42. The van der Waals surface area contributed by atoms with Crippen LogP contribution in [0.5, 0.6) is 0 Å². The molecule has 2 aliphatic heterocycles. The first-order valence-corrected chi connectivity index (χ1v) is 8.15. The van der Waals surface area contributed by atoms with Gasteiger partial charge in [-0.2, -0.15) is 0 Å². The van der Waals surface area contributed by atoms with E-state index in [9.17, 15) is 9.59 Å². The van der Waals surface area contributed by atoms with E-state index in [-0.39, 0.29) is 23.8 Å². The summed E-state index contributed by atoms with van der Waals surface area (Å²) in [4.78, 5) is 40.1. The van der Waals surface area contributed by atoms with Crippen LogP contribution in [0.4, 0.5) is 0 Å². The second-order valence-electron chi connectivity index (χ2n) is 6.60. The number of imidazole rings is 1. The van der Waals surface area contributed by atoms with Crippen LogP contribution in [-0.2, 0) is 16.1 Å². The molecule has 8 heteroatoms. The Morgan fingerprint density at radius 3 is 3.00 bits per heavy atom. The number of aromatic amines is 1. The third-order valence-electron chi connectivity index (χ3n) is 4.75. The molecule has 2 aliphatic rings. The summed E-state index contributed by atoms with van der Waals surface area (Å²) in [5.41, 5.74) is 1.48. The van der Waals surface area contributed by atoms with Gasteiger partial charge in [-0.05, 0) is 19.2 Å². The van der Waals surface area contributed by atoms with E-state index >= 15 is 0 Å². The van der Waals surface area contributed by atoms with E-state index in [1.54, 1.807) is 6.20 Å². The smallest absolute Gasteiger partial charge is 0.225 e. The molecule has 2 amide bonds. The Morgan fingerprint density at radius 1 is 1.42 bits per heavy atom. The van der Waals surface area contributed by atoms with Crippen molar-refractivity contribution in [3.63, 3.8) is 0 Å². The van der Waals surface area contributed by atoms with Crippen LogP contribution in [0, 0.1) is 5.92 Å². The predicted octanol–water partition coefficient (Wildman–Crippen LogP) is -0.263. The average Bonchev–Trinajstić information content (AvgIpc) is 3.12. The van der Waals surface area contributed by atoms with Gasteiger partial charge < -0.3 is 20.1 Å². The Bertz CT molecular complexity index is 749. The molecule has 0 saturated carbocycles. The summed E-state index contributed by atoms with van der Waals surface area (Å²) in [6.07, 6.45) is 1.98. The topological polar surface area (TPSA) is 94.2 Å². The Kier molecular flexibility index (Phi) is 3.68. The van der Waals surface area contributed by atoms with E-state index in [1.165, 1.54) is 0 Å². The minimum Gasteiger partial charge on any atom is -0.349 e. The molecule has 0 aromatic carbocycles. The maximum atomic E-state index is 12.4. The van der Waals surface area contributed by atoms with E-state index in [0.29, 0.717) is 31.0 Å². The molecule has 2 N–H and O–H groups in total. The first kappa shape index (κ1) is 15.1. The van der Waals surface area contributed by atoms with Crippen molar-refractivity contribution in [1.82, 2.24) is 30.1 Å². The second kappa shape index (κ2) is 5.86. The highest BCUT2D eigenvalue weighted by Gasteiger charge is 2.41. The molecule has 2 fully saturated rings. The number of hydrogen-bond acceptors (Lipinski definition) is 5. The van der Waals surface area contributed by atoms with Crippen molar-refractivity contribution in [1.29, 1.82) is 0 Å². The fourth-order valence-electron chi connectivity index (χ4n) is 3.42. The van der Waals surface area contributed by atoms with Gasteiger partial charge in [0.05, 0.1) is 24.0 Å². The standard InChI is InChI=1S/C16H20N6O2/c1-21-8-11(9-21)22-7-10(5-14(22)23)16(24)18-6-13-19-12-3-2-4-17-15(12)20-13/h2-4,10-11H,5-9H2,1H3,(H,18,24)(H,17,19,20). The molecule has 0 bridgehead atoms. The first-order valence-electron chi connectivity index (χ1n) is 8.15. The van der Waals surface area contributed by atoms with Crippen molar-refractivity contribution in [2.75, 3.05) is 26.7 Å². The van der Waals surface area contributed by atoms with E-state index in [0.717, 1.165) is 18.6 Å². The number of hydrogen-bond donors (Lipinski definition) is 2.